The Hall–Kier alpha value is -3.34. The second-order valence-electron chi connectivity index (χ2n) is 10.3. The molecule has 0 aromatic carbocycles. The summed E-state index contributed by atoms with van der Waals surface area (Å²) >= 11 is 0. The van der Waals surface area contributed by atoms with Crippen LogP contribution >= 0.6 is 7.75 Å². The number of hydrogen-bond donors (Lipinski definition) is 4. The molecule has 0 aliphatic carbocycles. The van der Waals surface area contributed by atoms with E-state index in [2.05, 4.69) is 25.1 Å². The Morgan fingerprint density at radius 1 is 1.07 bits per heavy atom. The van der Waals surface area contributed by atoms with Crippen LogP contribution < -0.4 is 27.6 Å². The number of rotatable bonds is 11. The number of H-pyrrole nitrogens is 2. The van der Waals surface area contributed by atoms with E-state index < -0.39 is 79.7 Å². The number of azide groups is 1. The first-order valence-corrected chi connectivity index (χ1v) is 14.7. The summed E-state index contributed by atoms with van der Waals surface area (Å²) in [5, 5.41) is 16.5. The number of aromatic amines is 2. The predicted octanol–water partition coefficient (Wildman–Crippen LogP) is 0.458. The van der Waals surface area contributed by atoms with Gasteiger partial charge in [0.1, 0.15) is 12.5 Å². The fourth-order valence-corrected chi connectivity index (χ4v) is 6.55. The van der Waals surface area contributed by atoms with E-state index in [4.69, 9.17) is 24.1 Å². The fourth-order valence-electron chi connectivity index (χ4n) is 4.78. The van der Waals surface area contributed by atoms with Gasteiger partial charge in [0.05, 0.1) is 43.6 Å². The summed E-state index contributed by atoms with van der Waals surface area (Å²) in [6, 6.07) is -1.62. The molecule has 2 aromatic heterocycles. The number of nitrogens with one attached hydrogen (secondary N) is 3. The van der Waals surface area contributed by atoms with Gasteiger partial charge in [-0.2, -0.15) is 0 Å². The topological polar surface area (TPSA) is 245 Å². The number of aliphatic hydroxyl groups is 1. The van der Waals surface area contributed by atoms with Crippen LogP contribution in [0.4, 0.5) is 0 Å². The molecule has 0 saturated carbocycles. The van der Waals surface area contributed by atoms with Crippen molar-refractivity contribution in [2.75, 3.05) is 13.2 Å². The normalized spacial score (nSPS) is 27.2. The number of hydrogen-bond acceptors (Lipinski definition) is 11. The first kappa shape index (κ1) is 31.6. The van der Waals surface area contributed by atoms with E-state index >= 15 is 0 Å². The van der Waals surface area contributed by atoms with Crippen molar-refractivity contribution in [3.8, 4) is 0 Å². The second-order valence-corrected chi connectivity index (χ2v) is 12.0. The summed E-state index contributed by atoms with van der Waals surface area (Å²) in [6.45, 7) is 5.43. The van der Waals surface area contributed by atoms with Crippen molar-refractivity contribution in [2.45, 2.75) is 83.4 Å². The molecule has 0 amide bonds. The van der Waals surface area contributed by atoms with Crippen LogP contribution in [0.15, 0.2) is 36.7 Å². The van der Waals surface area contributed by atoms with E-state index in [1.165, 1.54) is 35.4 Å². The summed E-state index contributed by atoms with van der Waals surface area (Å²) in [7, 11) is -4.15. The van der Waals surface area contributed by atoms with E-state index in [1.54, 1.807) is 13.8 Å². The maximum Gasteiger partial charge on any atom is 0.406 e. The molecule has 230 valence electrons. The molecule has 7 atom stereocenters. The monoisotopic (exact) mass is 612 g/mol. The summed E-state index contributed by atoms with van der Waals surface area (Å²) in [6.07, 6.45) is -1.45. The van der Waals surface area contributed by atoms with E-state index in [0.29, 0.717) is 0 Å². The standard InChI is InChI=1S/C23H33N8O10P/c1-11(2)41-42(37,28-15-6-19(39-16(15)9-32)31-8-13(4)21(34)26-23(31)36)38-10-17-14(27-29-24)5-18(40-17)30-7-12(3)20(33)25-22(30)35/h7-8,11,14-19,32H,5-6,9-10H2,1-4H3,(H,28,37)(H,25,33,35)(H,26,34,36)/t14-,15-,16+,17+,18+,19+,42?/m0/s1. The molecule has 19 heteroatoms. The Morgan fingerprint density at radius 3 is 2.14 bits per heavy atom. The van der Waals surface area contributed by atoms with Crippen molar-refractivity contribution < 1.29 is 28.2 Å². The van der Waals surface area contributed by atoms with Gasteiger partial charge in [-0.05, 0) is 33.2 Å². The zero-order chi connectivity index (χ0) is 30.8. The molecular formula is C23H33N8O10P. The minimum Gasteiger partial charge on any atom is -0.394 e. The van der Waals surface area contributed by atoms with Crippen LogP contribution in [0, 0.1) is 13.8 Å². The van der Waals surface area contributed by atoms with Crippen molar-refractivity contribution in [2.24, 2.45) is 5.11 Å². The van der Waals surface area contributed by atoms with Gasteiger partial charge in [-0.15, -0.1) is 0 Å². The summed E-state index contributed by atoms with van der Waals surface area (Å²) < 4.78 is 39.3. The van der Waals surface area contributed by atoms with E-state index in [0.717, 1.165) is 0 Å². The lowest BCUT2D eigenvalue weighted by Gasteiger charge is -2.27. The number of aromatic nitrogens is 4. The molecule has 4 heterocycles. The summed E-state index contributed by atoms with van der Waals surface area (Å²) in [5.41, 5.74) is 7.11. The lowest BCUT2D eigenvalue weighted by atomic mass is 10.1. The summed E-state index contributed by atoms with van der Waals surface area (Å²) in [4.78, 5) is 55.5. The quantitative estimate of drug-likeness (QED) is 0.117. The van der Waals surface area contributed by atoms with Crippen molar-refractivity contribution in [1.82, 2.24) is 24.2 Å². The van der Waals surface area contributed by atoms with Crippen LogP contribution in [0.25, 0.3) is 10.4 Å². The highest BCUT2D eigenvalue weighted by Gasteiger charge is 2.43. The van der Waals surface area contributed by atoms with Crippen LogP contribution in [-0.4, -0.2) is 67.8 Å². The molecule has 1 unspecified atom stereocenters. The highest BCUT2D eigenvalue weighted by molar-refractivity contribution is 7.51. The number of aliphatic hydroxyl groups excluding tert-OH is 1. The highest BCUT2D eigenvalue weighted by Crippen LogP contribution is 2.48. The lowest BCUT2D eigenvalue weighted by Crippen LogP contribution is -2.38. The third-order valence-corrected chi connectivity index (χ3v) is 8.65. The maximum absolute atomic E-state index is 13.9. The van der Waals surface area contributed by atoms with E-state index in [-0.39, 0.29) is 30.6 Å². The third kappa shape index (κ3) is 6.99. The number of aryl methyl sites for hydroxylation is 2. The zero-order valence-electron chi connectivity index (χ0n) is 23.3. The van der Waals surface area contributed by atoms with Gasteiger partial charge < -0.3 is 14.6 Å². The summed E-state index contributed by atoms with van der Waals surface area (Å²) in [5.74, 6) is 0. The molecule has 18 nitrogen and oxygen atoms in total. The third-order valence-electron chi connectivity index (χ3n) is 6.81. The Morgan fingerprint density at radius 2 is 1.62 bits per heavy atom. The van der Waals surface area contributed by atoms with Crippen LogP contribution in [0.5, 0.6) is 0 Å². The fraction of sp³-hybridized carbons (Fsp3) is 0.652. The van der Waals surface area contributed by atoms with Crippen LogP contribution in [-0.2, 0) is 23.1 Å². The zero-order valence-corrected chi connectivity index (χ0v) is 24.2. The molecule has 2 aliphatic heterocycles. The van der Waals surface area contributed by atoms with Gasteiger partial charge in [0, 0.05) is 41.3 Å². The molecule has 4 rings (SSSR count). The molecule has 2 fully saturated rings. The minimum atomic E-state index is -4.15. The van der Waals surface area contributed by atoms with Crippen LogP contribution in [0.1, 0.15) is 50.3 Å². The molecule has 42 heavy (non-hydrogen) atoms. The second kappa shape index (κ2) is 12.9. The van der Waals surface area contributed by atoms with Crippen molar-refractivity contribution >= 4 is 7.75 Å². The highest BCUT2D eigenvalue weighted by atomic mass is 31.2. The first-order valence-electron chi connectivity index (χ1n) is 13.1. The largest absolute Gasteiger partial charge is 0.406 e. The maximum atomic E-state index is 13.9. The predicted molar refractivity (Wildman–Crippen MR) is 146 cm³/mol. The SMILES string of the molecule is Cc1cn([C@H]2C[C@H](N=[N+]=[N-])[C@@H](COP(=O)(N[C@H]3C[C@H](n4cc(C)c(=O)[nH]c4=O)O[C@@H]3CO)OC(C)C)O2)c(=O)[nH]c1=O. The Labute approximate surface area is 237 Å². The van der Waals surface area contributed by atoms with Crippen molar-refractivity contribution in [1.29, 1.82) is 0 Å². The van der Waals surface area contributed by atoms with Crippen LogP contribution in [0.2, 0.25) is 0 Å². The van der Waals surface area contributed by atoms with E-state index in [1.807, 2.05) is 0 Å². The number of ether oxygens (including phenoxy) is 2. The molecule has 2 saturated heterocycles. The van der Waals surface area contributed by atoms with Gasteiger partial charge in [-0.3, -0.25) is 37.7 Å². The van der Waals surface area contributed by atoms with Crippen LogP contribution in [0.3, 0.4) is 0 Å². The van der Waals surface area contributed by atoms with Gasteiger partial charge >= 0.3 is 19.1 Å². The first-order chi connectivity index (χ1) is 19.8. The van der Waals surface area contributed by atoms with Gasteiger partial charge in [-0.1, -0.05) is 5.11 Å². The molecule has 0 spiro atoms. The van der Waals surface area contributed by atoms with Gasteiger partial charge in [0.2, 0.25) is 0 Å². The minimum absolute atomic E-state index is 0.0588. The average molecular weight is 613 g/mol. The van der Waals surface area contributed by atoms with E-state index in [9.17, 15) is 28.8 Å². The Balaban J connectivity index is 1.52. The number of nitrogens with zero attached hydrogens (tertiary/aromatic N) is 5. The van der Waals surface area contributed by atoms with Gasteiger partial charge in [0.25, 0.3) is 11.1 Å². The lowest BCUT2D eigenvalue weighted by molar-refractivity contribution is -0.0310. The molecule has 4 N–H and O–H groups in total. The van der Waals surface area contributed by atoms with Gasteiger partial charge in [-0.25, -0.2) is 19.2 Å². The molecule has 0 bridgehead atoms. The average Bonchev–Trinajstić information content (AvgIpc) is 3.50. The van der Waals surface area contributed by atoms with Crippen molar-refractivity contribution in [3.05, 3.63) is 75.6 Å². The Kier molecular flexibility index (Phi) is 9.70. The Bertz CT molecular complexity index is 1630. The molecule has 0 radical (unpaired) electrons. The van der Waals surface area contributed by atoms with Gasteiger partial charge in [0.15, 0.2) is 0 Å². The smallest absolute Gasteiger partial charge is 0.394 e. The van der Waals surface area contributed by atoms with Crippen molar-refractivity contribution in [3.63, 3.8) is 0 Å². The molecular weight excluding hydrogens is 579 g/mol. The molecule has 2 aliphatic rings. The molecule has 2 aromatic rings.